The molecule has 3 heterocycles. The predicted octanol–water partition coefficient (Wildman–Crippen LogP) is 8.54. The lowest BCUT2D eigenvalue weighted by Crippen LogP contribution is -2.50. The monoisotopic (exact) mass is 1280 g/mol. The molecule has 0 bridgehead atoms. The maximum absolute atomic E-state index is 13.0. The number of likely N-dealkylation sites (N-methyl/N-ethyl adjacent to an activating group) is 3. The van der Waals surface area contributed by atoms with E-state index in [1.54, 1.807) is 72.5 Å². The van der Waals surface area contributed by atoms with Crippen molar-refractivity contribution in [2.45, 2.75) is 211 Å². The van der Waals surface area contributed by atoms with Crippen molar-refractivity contribution in [3.63, 3.8) is 0 Å². The van der Waals surface area contributed by atoms with E-state index >= 15 is 0 Å². The summed E-state index contributed by atoms with van der Waals surface area (Å²) in [7, 11) is 4.11. The molecule has 4 amide bonds. The highest BCUT2D eigenvalue weighted by Gasteiger charge is 2.41. The lowest BCUT2D eigenvalue weighted by Gasteiger charge is -2.33. The zero-order chi connectivity index (χ0) is 61.6. The van der Waals surface area contributed by atoms with Gasteiger partial charge in [0, 0.05) is 46.8 Å². The third kappa shape index (κ3) is 37.4. The number of hydrogen-bond donors (Lipinski definition) is 3. The van der Waals surface area contributed by atoms with Gasteiger partial charge in [0.1, 0.15) is 46.1 Å². The molecule has 0 aromatic heterocycles. The molecule has 3 N–H and O–H groups in total. The number of aliphatic carboxylic acids is 1. The number of likely N-dealkylation sites (tertiary alicyclic amines) is 2. The Morgan fingerprint density at radius 1 is 0.537 bits per heavy atom. The van der Waals surface area contributed by atoms with Crippen molar-refractivity contribution >= 4 is 115 Å². The maximum atomic E-state index is 13.0. The average molecular weight is 1280 g/mol. The van der Waals surface area contributed by atoms with Gasteiger partial charge in [-0.25, -0.2) is 19.2 Å². The quantitative estimate of drug-likeness (QED) is 0.123. The standard InChI is InChI=1S/C20H36N2O5.C15H28N2O3.C10H17NO4.C10H21NO2.CH3F.5H2S/c1-13(2)15(17(24)26-19(3,4)5)21(9)16(23)14-10-11-22(12-14)18(25)27-20(6,7)8;1-10(2)12(14(19)20-15(3,4)5)17(6)13(18)11-7-8-16-9-11;1-10(2,3)15-9(14)11-5-4-7(6-11)8(12)13;1-7(2)8(11-6)9(12)13-10(3,4)5;1-2;;;;;/h13-15H,10-12H2,1-9H3;10-12,16H,7-9H2,1-6H3;7H,4-6H2,1-3H3,(H,12,13);7-8,11H,1-6H3;1H3;5*1H2/t14-,15-;11-,12-;7-;8-;;;;;;/m0000....../s1/i;;;;1D;;;;;. The van der Waals surface area contributed by atoms with Crippen molar-refractivity contribution in [2.24, 2.45) is 35.5 Å². The molecule has 490 valence electrons. The van der Waals surface area contributed by atoms with E-state index in [9.17, 15) is 42.7 Å². The van der Waals surface area contributed by atoms with E-state index in [2.05, 4.69) is 10.6 Å². The lowest BCUT2D eigenvalue weighted by atomic mass is 9.99. The summed E-state index contributed by atoms with van der Waals surface area (Å²) in [5.74, 6) is -2.50. The Hall–Kier alpha value is -3.04. The van der Waals surface area contributed by atoms with Crippen LogP contribution in [-0.4, -0.2) is 186 Å². The molecule has 20 nitrogen and oxygen atoms in total. The van der Waals surface area contributed by atoms with Crippen LogP contribution in [0.15, 0.2) is 0 Å². The van der Waals surface area contributed by atoms with Crippen LogP contribution in [0.1, 0.15) is 166 Å². The molecule has 0 aliphatic carbocycles. The van der Waals surface area contributed by atoms with Crippen molar-refractivity contribution < 1.29 is 72.9 Å². The number of esters is 3. The second kappa shape index (κ2) is 41.1. The van der Waals surface area contributed by atoms with Crippen molar-refractivity contribution in [2.75, 3.05) is 67.6 Å². The normalized spacial score (nSPS) is 17.8. The van der Waals surface area contributed by atoms with Gasteiger partial charge in [0.05, 0.1) is 26.3 Å². The first-order valence-electron chi connectivity index (χ1n) is 27.6. The van der Waals surface area contributed by atoms with Gasteiger partial charge in [-0.05, 0) is 154 Å². The molecular formula is C56H115FN6O14S5. The Labute approximate surface area is 529 Å². The Balaban J connectivity index is -0.000000185. The van der Waals surface area contributed by atoms with Crippen LogP contribution in [0.3, 0.4) is 0 Å². The van der Waals surface area contributed by atoms with Gasteiger partial charge in [0.2, 0.25) is 11.8 Å². The van der Waals surface area contributed by atoms with Crippen LogP contribution in [0.25, 0.3) is 0 Å². The second-order valence-electron chi connectivity index (χ2n) is 25.7. The van der Waals surface area contributed by atoms with Crippen molar-refractivity contribution in [1.29, 1.82) is 0 Å². The van der Waals surface area contributed by atoms with Crippen LogP contribution in [-0.2, 0) is 52.5 Å². The largest absolute Gasteiger partial charge is 0.481 e. The van der Waals surface area contributed by atoms with E-state index in [0.29, 0.717) is 39.0 Å². The third-order valence-electron chi connectivity index (χ3n) is 11.5. The zero-order valence-electron chi connectivity index (χ0n) is 55.2. The number of carboxylic acid groups (broad SMARTS) is 1. The zero-order valence-corrected chi connectivity index (χ0v) is 59.2. The number of halogens is 1. The van der Waals surface area contributed by atoms with E-state index in [0.717, 1.165) is 13.0 Å². The summed E-state index contributed by atoms with van der Waals surface area (Å²) in [5.41, 5.74) is -2.66. The van der Waals surface area contributed by atoms with Gasteiger partial charge in [-0.1, -0.05) is 41.5 Å². The van der Waals surface area contributed by atoms with Gasteiger partial charge in [0.25, 0.3) is 0 Å². The molecule has 0 aromatic rings. The summed E-state index contributed by atoms with van der Waals surface area (Å²) in [4.78, 5) is 102. The smallest absolute Gasteiger partial charge is 0.410 e. The van der Waals surface area contributed by atoms with Gasteiger partial charge < -0.3 is 59.0 Å². The first-order chi connectivity index (χ1) is 35.2. The number of carbonyl (C=O) groups is 8. The van der Waals surface area contributed by atoms with E-state index < -0.39 is 77.3 Å². The summed E-state index contributed by atoms with van der Waals surface area (Å²) in [6.45, 7) is 42.0. The summed E-state index contributed by atoms with van der Waals surface area (Å²) in [6, 6.07) is -1.39. The molecule has 0 saturated carbocycles. The Morgan fingerprint density at radius 2 is 0.841 bits per heavy atom. The van der Waals surface area contributed by atoms with Crippen LogP contribution >= 0.6 is 67.5 Å². The van der Waals surface area contributed by atoms with Crippen molar-refractivity contribution in [1.82, 2.24) is 30.2 Å². The molecule has 3 fully saturated rings. The van der Waals surface area contributed by atoms with Crippen molar-refractivity contribution in [3.8, 4) is 0 Å². The average Bonchev–Trinajstić information content (AvgIpc) is 4.05. The molecule has 0 radical (unpaired) electrons. The molecule has 0 unspecified atom stereocenters. The fourth-order valence-electron chi connectivity index (χ4n) is 8.19. The number of hydrogen-bond acceptors (Lipinski definition) is 15. The number of nitrogens with one attached hydrogen (secondary N) is 2. The fourth-order valence-corrected chi connectivity index (χ4v) is 8.19. The van der Waals surface area contributed by atoms with Crippen LogP contribution in [0.2, 0.25) is 0 Å². The molecule has 6 atom stereocenters. The molecule has 0 spiro atoms. The van der Waals surface area contributed by atoms with Crippen LogP contribution in [0.5, 0.6) is 0 Å². The maximum Gasteiger partial charge on any atom is 0.410 e. The minimum Gasteiger partial charge on any atom is -0.481 e. The summed E-state index contributed by atoms with van der Waals surface area (Å²) >= 11 is 0. The number of nitrogens with zero attached hydrogens (tertiary/aromatic N) is 4. The molecule has 82 heavy (non-hydrogen) atoms. The van der Waals surface area contributed by atoms with Gasteiger partial charge in [0.15, 0.2) is 0 Å². The molecule has 0 aromatic carbocycles. The third-order valence-corrected chi connectivity index (χ3v) is 11.5. The van der Waals surface area contributed by atoms with Gasteiger partial charge in [-0.3, -0.25) is 23.6 Å². The van der Waals surface area contributed by atoms with Crippen LogP contribution in [0.4, 0.5) is 14.0 Å². The van der Waals surface area contributed by atoms with E-state index in [-0.39, 0.29) is 133 Å². The predicted molar refractivity (Wildman–Crippen MR) is 347 cm³/mol. The van der Waals surface area contributed by atoms with Crippen LogP contribution < -0.4 is 10.6 Å². The number of alkyl halides is 1. The summed E-state index contributed by atoms with van der Waals surface area (Å²) < 4.78 is 42.2. The minimum absolute atomic E-state index is 0. The highest BCUT2D eigenvalue weighted by molar-refractivity contribution is 7.60. The minimum atomic E-state index is -1.00. The van der Waals surface area contributed by atoms with Crippen LogP contribution in [0, 0.1) is 35.5 Å². The molecule has 3 aliphatic rings. The van der Waals surface area contributed by atoms with Crippen molar-refractivity contribution in [3.05, 3.63) is 0 Å². The number of amides is 4. The Morgan fingerprint density at radius 3 is 1.10 bits per heavy atom. The highest BCUT2D eigenvalue weighted by atomic mass is 32.1. The molecular weight excluding hydrogens is 1160 g/mol. The SMILES string of the molecule is CC(C)(C)OC(=O)N1CC[C@H](C(=O)O)C1.CC(C)[C@@H](C(=O)OC(C)(C)C)N(C)C(=O)[C@H]1CCN(C(=O)OC(C)(C)C)C1.CC(C)[C@@H](C(=O)OC(C)(C)C)N(C)C(=O)[C@H]1CCNC1.CN[C@H](C(=O)OC(C)(C)C)C(C)C.S.S.S.S.S.[2H]CF. The Kier molecular flexibility index (Phi) is 45.2. The fraction of sp³-hybridized carbons (Fsp3) is 0.857. The van der Waals surface area contributed by atoms with E-state index in [1.807, 2.05) is 104 Å². The summed E-state index contributed by atoms with van der Waals surface area (Å²) in [5, 5.41) is 14.9. The number of rotatable bonds is 12. The van der Waals surface area contributed by atoms with E-state index in [1.165, 1.54) is 9.80 Å². The van der Waals surface area contributed by atoms with Gasteiger partial charge in [-0.2, -0.15) is 67.5 Å². The number of carboxylic acids is 1. The molecule has 26 heteroatoms. The van der Waals surface area contributed by atoms with Gasteiger partial charge in [-0.15, -0.1) is 0 Å². The lowest BCUT2D eigenvalue weighted by molar-refractivity contribution is -0.167. The molecule has 3 rings (SSSR count). The Bertz CT molecular complexity index is 1930. The first kappa shape index (κ1) is 90.2. The molecule has 3 saturated heterocycles. The number of carbonyl (C=O) groups excluding carboxylic acids is 7. The molecule has 3 aliphatic heterocycles. The number of ether oxygens (including phenoxy) is 5. The first-order valence-corrected chi connectivity index (χ1v) is 26.9. The van der Waals surface area contributed by atoms with E-state index in [4.69, 9.17) is 30.2 Å². The summed E-state index contributed by atoms with van der Waals surface area (Å²) in [6.07, 6.45) is 1.07. The highest BCUT2D eigenvalue weighted by Crippen LogP contribution is 2.26. The van der Waals surface area contributed by atoms with Gasteiger partial charge >= 0.3 is 36.1 Å². The topological polar surface area (TPSA) is 240 Å². The second-order valence-corrected chi connectivity index (χ2v) is 25.7.